The SMILES string of the molecule is NCCc1cn(Cc2cc(-c3cccs3)on2)nn1. The number of nitrogens with zero attached hydrogens (tertiary/aromatic N) is 4. The number of rotatable bonds is 5. The molecule has 19 heavy (non-hydrogen) atoms. The van der Waals surface area contributed by atoms with Crippen molar-refractivity contribution in [1.82, 2.24) is 20.2 Å². The smallest absolute Gasteiger partial charge is 0.177 e. The van der Waals surface area contributed by atoms with Gasteiger partial charge in [0, 0.05) is 18.7 Å². The first kappa shape index (κ1) is 12.1. The summed E-state index contributed by atoms with van der Waals surface area (Å²) in [6, 6.07) is 5.92. The summed E-state index contributed by atoms with van der Waals surface area (Å²) >= 11 is 1.62. The molecule has 0 radical (unpaired) electrons. The maximum absolute atomic E-state index is 5.48. The Kier molecular flexibility index (Phi) is 3.39. The van der Waals surface area contributed by atoms with Crippen LogP contribution < -0.4 is 5.73 Å². The zero-order valence-corrected chi connectivity index (χ0v) is 11.0. The molecule has 6 nitrogen and oxygen atoms in total. The lowest BCUT2D eigenvalue weighted by molar-refractivity contribution is 0.419. The molecule has 0 fully saturated rings. The van der Waals surface area contributed by atoms with Gasteiger partial charge in [0.1, 0.15) is 5.69 Å². The minimum absolute atomic E-state index is 0.548. The highest BCUT2D eigenvalue weighted by Crippen LogP contribution is 2.25. The lowest BCUT2D eigenvalue weighted by Crippen LogP contribution is -2.02. The van der Waals surface area contributed by atoms with Gasteiger partial charge in [-0.3, -0.25) is 0 Å². The first-order valence-electron chi connectivity index (χ1n) is 5.93. The fourth-order valence-electron chi connectivity index (χ4n) is 1.77. The van der Waals surface area contributed by atoms with E-state index in [2.05, 4.69) is 15.5 Å². The molecule has 7 heteroatoms. The van der Waals surface area contributed by atoms with Crippen LogP contribution in [0.1, 0.15) is 11.4 Å². The largest absolute Gasteiger partial charge is 0.355 e. The molecule has 0 bridgehead atoms. The summed E-state index contributed by atoms with van der Waals surface area (Å²) in [5.74, 6) is 0.785. The van der Waals surface area contributed by atoms with Gasteiger partial charge in [-0.05, 0) is 18.0 Å². The van der Waals surface area contributed by atoms with E-state index in [0.717, 1.165) is 28.4 Å². The Morgan fingerprint density at radius 3 is 3.11 bits per heavy atom. The summed E-state index contributed by atoms with van der Waals surface area (Å²) in [6.07, 6.45) is 2.62. The molecule has 3 aromatic heterocycles. The van der Waals surface area contributed by atoms with Gasteiger partial charge in [0.2, 0.25) is 0 Å². The maximum Gasteiger partial charge on any atom is 0.177 e. The Labute approximate surface area is 113 Å². The highest BCUT2D eigenvalue weighted by atomic mass is 32.1. The van der Waals surface area contributed by atoms with Crippen molar-refractivity contribution in [2.45, 2.75) is 13.0 Å². The third kappa shape index (κ3) is 2.72. The van der Waals surface area contributed by atoms with Gasteiger partial charge >= 0.3 is 0 Å². The van der Waals surface area contributed by atoms with E-state index in [4.69, 9.17) is 10.3 Å². The molecule has 3 heterocycles. The van der Waals surface area contributed by atoms with E-state index in [1.165, 1.54) is 0 Å². The summed E-state index contributed by atoms with van der Waals surface area (Å²) in [5, 5.41) is 14.1. The maximum atomic E-state index is 5.48. The minimum Gasteiger partial charge on any atom is -0.355 e. The predicted molar refractivity (Wildman–Crippen MR) is 71.7 cm³/mol. The van der Waals surface area contributed by atoms with Crippen molar-refractivity contribution >= 4 is 11.3 Å². The summed E-state index contributed by atoms with van der Waals surface area (Å²) in [4.78, 5) is 1.07. The molecule has 0 atom stereocenters. The van der Waals surface area contributed by atoms with Gasteiger partial charge in [-0.25, -0.2) is 4.68 Å². The molecule has 0 unspecified atom stereocenters. The summed E-state index contributed by atoms with van der Waals surface area (Å²) in [7, 11) is 0. The van der Waals surface area contributed by atoms with Crippen LogP contribution in [0.5, 0.6) is 0 Å². The molecule has 3 aromatic rings. The Bertz CT molecular complexity index is 643. The van der Waals surface area contributed by atoms with Crippen molar-refractivity contribution in [2.24, 2.45) is 5.73 Å². The zero-order chi connectivity index (χ0) is 13.1. The van der Waals surface area contributed by atoms with Gasteiger partial charge in [0.15, 0.2) is 5.76 Å². The quantitative estimate of drug-likeness (QED) is 0.763. The van der Waals surface area contributed by atoms with Crippen molar-refractivity contribution in [2.75, 3.05) is 6.54 Å². The van der Waals surface area contributed by atoms with E-state index in [1.807, 2.05) is 29.8 Å². The van der Waals surface area contributed by atoms with E-state index in [9.17, 15) is 0 Å². The standard InChI is InChI=1S/C12H13N5OS/c13-4-3-9-7-17(16-14-9)8-10-6-11(18-15-10)12-2-1-5-19-12/h1-2,5-7H,3-4,8,13H2. The van der Waals surface area contributed by atoms with Crippen LogP contribution in [0.3, 0.4) is 0 Å². The topological polar surface area (TPSA) is 82.8 Å². The zero-order valence-electron chi connectivity index (χ0n) is 10.2. The molecule has 0 aliphatic rings. The Morgan fingerprint density at radius 1 is 1.37 bits per heavy atom. The first-order chi connectivity index (χ1) is 9.35. The fourth-order valence-corrected chi connectivity index (χ4v) is 2.44. The molecule has 0 saturated carbocycles. The van der Waals surface area contributed by atoms with Crippen molar-refractivity contribution < 1.29 is 4.52 Å². The van der Waals surface area contributed by atoms with Gasteiger partial charge in [0.25, 0.3) is 0 Å². The Morgan fingerprint density at radius 2 is 2.32 bits per heavy atom. The average Bonchev–Trinajstić information content (AvgIpc) is 3.10. The van der Waals surface area contributed by atoms with E-state index < -0.39 is 0 Å². The van der Waals surface area contributed by atoms with Gasteiger partial charge in [-0.1, -0.05) is 16.4 Å². The van der Waals surface area contributed by atoms with Crippen LogP contribution in [0.25, 0.3) is 10.6 Å². The monoisotopic (exact) mass is 275 g/mol. The highest BCUT2D eigenvalue weighted by molar-refractivity contribution is 7.13. The minimum atomic E-state index is 0.548. The average molecular weight is 275 g/mol. The number of hydrogen-bond acceptors (Lipinski definition) is 6. The van der Waals surface area contributed by atoms with Crippen LogP contribution in [-0.2, 0) is 13.0 Å². The lowest BCUT2D eigenvalue weighted by atomic mass is 10.3. The van der Waals surface area contributed by atoms with Crippen LogP contribution in [0.15, 0.2) is 34.3 Å². The molecule has 0 saturated heterocycles. The number of hydrogen-bond donors (Lipinski definition) is 1. The molecule has 0 amide bonds. The van der Waals surface area contributed by atoms with Crippen molar-refractivity contribution in [3.63, 3.8) is 0 Å². The second kappa shape index (κ2) is 5.33. The summed E-state index contributed by atoms with van der Waals surface area (Å²) in [6.45, 7) is 1.12. The van der Waals surface area contributed by atoms with Crippen molar-refractivity contribution in [3.8, 4) is 10.6 Å². The van der Waals surface area contributed by atoms with Gasteiger partial charge in [0.05, 0.1) is 17.1 Å². The molecule has 0 aliphatic carbocycles. The normalized spacial score (nSPS) is 11.0. The van der Waals surface area contributed by atoms with E-state index >= 15 is 0 Å². The van der Waals surface area contributed by atoms with Crippen molar-refractivity contribution in [1.29, 1.82) is 0 Å². The van der Waals surface area contributed by atoms with Gasteiger partial charge in [-0.2, -0.15) is 0 Å². The number of aromatic nitrogens is 4. The Balaban J connectivity index is 1.72. The third-order valence-electron chi connectivity index (χ3n) is 2.63. The van der Waals surface area contributed by atoms with E-state index in [0.29, 0.717) is 13.1 Å². The second-order valence-corrected chi connectivity index (χ2v) is 5.05. The van der Waals surface area contributed by atoms with E-state index in [1.54, 1.807) is 16.0 Å². The van der Waals surface area contributed by atoms with Crippen LogP contribution in [0, 0.1) is 0 Å². The molecule has 0 spiro atoms. The van der Waals surface area contributed by atoms with Gasteiger partial charge in [-0.15, -0.1) is 16.4 Å². The van der Waals surface area contributed by atoms with Crippen LogP contribution in [0.2, 0.25) is 0 Å². The molecule has 3 rings (SSSR count). The fraction of sp³-hybridized carbons (Fsp3) is 0.250. The molecule has 0 aliphatic heterocycles. The summed E-state index contributed by atoms with van der Waals surface area (Å²) < 4.78 is 7.05. The van der Waals surface area contributed by atoms with Crippen molar-refractivity contribution in [3.05, 3.63) is 41.2 Å². The highest BCUT2D eigenvalue weighted by Gasteiger charge is 2.09. The predicted octanol–water partition coefficient (Wildman–Crippen LogP) is 1.54. The van der Waals surface area contributed by atoms with E-state index in [-0.39, 0.29) is 0 Å². The molecular formula is C12H13N5OS. The Hall–Kier alpha value is -1.99. The molecule has 98 valence electrons. The molecule has 0 aromatic carbocycles. The number of nitrogens with two attached hydrogens (primary N) is 1. The number of thiophene rings is 1. The van der Waals surface area contributed by atoms with Crippen LogP contribution in [0.4, 0.5) is 0 Å². The lowest BCUT2D eigenvalue weighted by Gasteiger charge is -1.93. The van der Waals surface area contributed by atoms with Crippen LogP contribution >= 0.6 is 11.3 Å². The third-order valence-corrected chi connectivity index (χ3v) is 3.52. The summed E-state index contributed by atoms with van der Waals surface area (Å²) in [5.41, 5.74) is 7.20. The first-order valence-corrected chi connectivity index (χ1v) is 6.81. The molecule has 2 N–H and O–H groups in total. The van der Waals surface area contributed by atoms with Gasteiger partial charge < -0.3 is 10.3 Å². The second-order valence-electron chi connectivity index (χ2n) is 4.11. The molecular weight excluding hydrogens is 262 g/mol. The van der Waals surface area contributed by atoms with Crippen LogP contribution in [-0.4, -0.2) is 26.7 Å².